The van der Waals surface area contributed by atoms with Crippen LogP contribution in [0.1, 0.15) is 0 Å². The molecule has 0 spiro atoms. The van der Waals surface area contributed by atoms with E-state index in [2.05, 4.69) is 0 Å². The minimum absolute atomic E-state index is 0.316. The van der Waals surface area contributed by atoms with Gasteiger partial charge in [0.15, 0.2) is 0 Å². The summed E-state index contributed by atoms with van der Waals surface area (Å²) in [5, 5.41) is 1.96. The van der Waals surface area contributed by atoms with Gasteiger partial charge in [-0.3, -0.25) is 0 Å². The Morgan fingerprint density at radius 2 is 1.53 bits per heavy atom. The topological polar surface area (TPSA) is 9.23 Å². The fraction of sp³-hybridized carbons (Fsp3) is 0.0769. The number of rotatable bonds is 2. The van der Waals surface area contributed by atoms with Gasteiger partial charge in [-0.25, -0.2) is 0 Å². The third kappa shape index (κ3) is 2.91. The highest BCUT2D eigenvalue weighted by molar-refractivity contribution is 6.47. The van der Waals surface area contributed by atoms with Gasteiger partial charge in [-0.05, 0) is 12.1 Å². The van der Waals surface area contributed by atoms with Crippen molar-refractivity contribution in [1.29, 1.82) is 0 Å². The average molecular weight is 356 g/mol. The maximum atomic E-state index is 6.27. The summed E-state index contributed by atoms with van der Waals surface area (Å²) in [7, 11) is 1.50. The predicted octanol–water partition coefficient (Wildman–Crippen LogP) is 6.63. The molecule has 0 saturated heterocycles. The Balaban J connectivity index is 2.77. The number of halogens is 5. The van der Waals surface area contributed by atoms with Crippen LogP contribution in [0.3, 0.4) is 0 Å². The van der Waals surface area contributed by atoms with E-state index in [9.17, 15) is 0 Å². The van der Waals surface area contributed by atoms with Crippen LogP contribution in [-0.2, 0) is 0 Å². The summed E-state index contributed by atoms with van der Waals surface area (Å²) in [5.74, 6) is 0.428. The van der Waals surface area contributed by atoms with E-state index in [1.807, 2.05) is 0 Å². The van der Waals surface area contributed by atoms with Crippen molar-refractivity contribution in [3.63, 3.8) is 0 Å². The molecule has 2 rings (SSSR count). The second-order valence-electron chi connectivity index (χ2n) is 3.69. The highest BCUT2D eigenvalue weighted by Gasteiger charge is 2.19. The van der Waals surface area contributed by atoms with Gasteiger partial charge in [-0.2, -0.15) is 0 Å². The number of methoxy groups -OCH3 is 1. The van der Waals surface area contributed by atoms with Gasteiger partial charge in [0.2, 0.25) is 0 Å². The predicted molar refractivity (Wildman–Crippen MR) is 83.5 cm³/mol. The summed E-state index contributed by atoms with van der Waals surface area (Å²) in [6, 6.07) is 6.59. The molecule has 1 nitrogen and oxygen atoms in total. The molecule has 0 saturated carbocycles. The van der Waals surface area contributed by atoms with Crippen LogP contribution in [0.4, 0.5) is 0 Å². The van der Waals surface area contributed by atoms with Crippen LogP contribution >= 0.6 is 58.0 Å². The van der Waals surface area contributed by atoms with E-state index in [0.29, 0.717) is 42.0 Å². The monoisotopic (exact) mass is 354 g/mol. The Morgan fingerprint density at radius 3 is 2.11 bits per heavy atom. The quantitative estimate of drug-likeness (QED) is 0.549. The number of ether oxygens (including phenoxy) is 1. The third-order valence-electron chi connectivity index (χ3n) is 2.54. The van der Waals surface area contributed by atoms with Crippen molar-refractivity contribution in [2.24, 2.45) is 0 Å². The molecule has 0 aliphatic heterocycles. The lowest BCUT2D eigenvalue weighted by Crippen LogP contribution is -1.90. The summed E-state index contributed by atoms with van der Waals surface area (Å²) in [6.45, 7) is 0. The first-order valence-electron chi connectivity index (χ1n) is 5.12. The standard InChI is InChI=1S/C13H7Cl5O/c1-19-10-5-9(16)12(17)11(13(10)18)7-3-2-6(14)4-8(7)15/h2-5H,1H3. The third-order valence-corrected chi connectivity index (χ3v) is 4.25. The Morgan fingerprint density at radius 1 is 0.842 bits per heavy atom. The van der Waals surface area contributed by atoms with Gasteiger partial charge >= 0.3 is 0 Å². The van der Waals surface area contributed by atoms with Gasteiger partial charge in [0.1, 0.15) is 5.75 Å². The molecule has 0 unspecified atom stereocenters. The van der Waals surface area contributed by atoms with E-state index >= 15 is 0 Å². The minimum Gasteiger partial charge on any atom is -0.495 e. The number of hydrogen-bond acceptors (Lipinski definition) is 1. The van der Waals surface area contributed by atoms with Crippen molar-refractivity contribution in [3.05, 3.63) is 49.4 Å². The Bertz CT molecular complexity index is 639. The SMILES string of the molecule is COc1cc(Cl)c(Cl)c(-c2ccc(Cl)cc2Cl)c1Cl. The summed E-state index contributed by atoms with van der Waals surface area (Å²) in [5.41, 5.74) is 1.16. The Hall–Kier alpha value is -0.310. The molecular formula is C13H7Cl5O. The maximum absolute atomic E-state index is 6.27. The molecule has 100 valence electrons. The summed E-state index contributed by atoms with van der Waals surface area (Å²) >= 11 is 30.6. The first-order chi connectivity index (χ1) is 8.95. The highest BCUT2D eigenvalue weighted by Crippen LogP contribution is 2.46. The fourth-order valence-corrected chi connectivity index (χ4v) is 2.98. The highest BCUT2D eigenvalue weighted by atomic mass is 35.5. The number of hydrogen-bond donors (Lipinski definition) is 0. The molecule has 19 heavy (non-hydrogen) atoms. The summed E-state index contributed by atoms with van der Waals surface area (Å²) in [6.07, 6.45) is 0. The summed E-state index contributed by atoms with van der Waals surface area (Å²) < 4.78 is 5.16. The summed E-state index contributed by atoms with van der Waals surface area (Å²) in [4.78, 5) is 0. The lowest BCUT2D eigenvalue weighted by molar-refractivity contribution is 0.415. The van der Waals surface area contributed by atoms with Crippen molar-refractivity contribution in [2.75, 3.05) is 7.11 Å². The molecule has 0 N–H and O–H groups in total. The van der Waals surface area contributed by atoms with Crippen LogP contribution in [0.15, 0.2) is 24.3 Å². The minimum atomic E-state index is 0.316. The van der Waals surface area contributed by atoms with Crippen LogP contribution < -0.4 is 4.74 Å². The van der Waals surface area contributed by atoms with Gasteiger partial charge < -0.3 is 4.74 Å². The zero-order valence-electron chi connectivity index (χ0n) is 9.61. The van der Waals surface area contributed by atoms with Gasteiger partial charge in [-0.1, -0.05) is 64.1 Å². The van der Waals surface area contributed by atoms with E-state index < -0.39 is 0 Å². The van der Waals surface area contributed by atoms with Crippen LogP contribution in [-0.4, -0.2) is 7.11 Å². The molecule has 6 heteroatoms. The molecule has 0 aromatic heterocycles. The van der Waals surface area contributed by atoms with E-state index in [1.54, 1.807) is 24.3 Å². The van der Waals surface area contributed by atoms with Crippen molar-refractivity contribution in [3.8, 4) is 16.9 Å². The lowest BCUT2D eigenvalue weighted by Gasteiger charge is -2.14. The molecule has 0 aliphatic rings. The lowest BCUT2D eigenvalue weighted by atomic mass is 10.0. The molecule has 2 aromatic carbocycles. The van der Waals surface area contributed by atoms with Gasteiger partial charge in [0.05, 0.1) is 22.2 Å². The molecule has 0 amide bonds. The van der Waals surface area contributed by atoms with Crippen molar-refractivity contribution in [1.82, 2.24) is 0 Å². The van der Waals surface area contributed by atoms with Gasteiger partial charge in [0.25, 0.3) is 0 Å². The van der Waals surface area contributed by atoms with Crippen LogP contribution in [0, 0.1) is 0 Å². The van der Waals surface area contributed by atoms with Crippen LogP contribution in [0.2, 0.25) is 25.1 Å². The van der Waals surface area contributed by atoms with E-state index in [0.717, 1.165) is 0 Å². The molecule has 2 aromatic rings. The van der Waals surface area contributed by atoms with Crippen molar-refractivity contribution < 1.29 is 4.74 Å². The first kappa shape index (κ1) is 15.1. The maximum Gasteiger partial charge on any atom is 0.139 e. The second-order valence-corrected chi connectivity index (χ2v) is 5.69. The molecule has 0 atom stereocenters. The Labute approximate surface area is 135 Å². The first-order valence-corrected chi connectivity index (χ1v) is 7.01. The normalized spacial score (nSPS) is 10.6. The molecule has 0 radical (unpaired) electrons. The van der Waals surface area contributed by atoms with E-state index in [-0.39, 0.29) is 0 Å². The van der Waals surface area contributed by atoms with E-state index in [4.69, 9.17) is 62.7 Å². The van der Waals surface area contributed by atoms with Crippen molar-refractivity contribution >= 4 is 58.0 Å². The van der Waals surface area contributed by atoms with Gasteiger partial charge in [-0.15, -0.1) is 0 Å². The van der Waals surface area contributed by atoms with Gasteiger partial charge in [0, 0.05) is 27.2 Å². The molecular weight excluding hydrogens is 349 g/mol. The molecule has 0 fully saturated rings. The number of benzene rings is 2. The second kappa shape index (κ2) is 5.99. The molecule has 0 aliphatic carbocycles. The average Bonchev–Trinajstić information content (AvgIpc) is 2.36. The Kier molecular flexibility index (Phi) is 4.75. The van der Waals surface area contributed by atoms with Crippen molar-refractivity contribution in [2.45, 2.75) is 0 Å². The molecule has 0 bridgehead atoms. The zero-order chi connectivity index (χ0) is 14.2. The fourth-order valence-electron chi connectivity index (χ4n) is 1.66. The van der Waals surface area contributed by atoms with E-state index in [1.165, 1.54) is 7.11 Å². The zero-order valence-corrected chi connectivity index (χ0v) is 13.4. The van der Waals surface area contributed by atoms with Crippen LogP contribution in [0.5, 0.6) is 5.75 Å². The molecule has 0 heterocycles. The van der Waals surface area contributed by atoms with Crippen LogP contribution in [0.25, 0.3) is 11.1 Å². The largest absolute Gasteiger partial charge is 0.495 e. The smallest absolute Gasteiger partial charge is 0.139 e.